The second-order valence-corrected chi connectivity index (χ2v) is 12.3. The van der Waals surface area contributed by atoms with Crippen LogP contribution in [0.15, 0.2) is 103 Å². The molecule has 0 N–H and O–H groups in total. The maximum absolute atomic E-state index is 2.59. The summed E-state index contributed by atoms with van der Waals surface area (Å²) in [7, 11) is -2.19. The number of rotatable bonds is 13. The zero-order valence-corrected chi connectivity index (χ0v) is 20.2. The van der Waals surface area contributed by atoms with Crippen LogP contribution in [-0.4, -0.2) is 8.07 Å². The second kappa shape index (κ2) is 13.1. The van der Waals surface area contributed by atoms with Gasteiger partial charge in [-0.15, -0.1) is 0 Å². The van der Waals surface area contributed by atoms with Gasteiger partial charge in [0, 0.05) is 0 Å². The average molecular weight is 427 g/mol. The van der Waals surface area contributed by atoms with E-state index in [0.717, 1.165) is 0 Å². The van der Waals surface area contributed by atoms with Crippen molar-refractivity contribution >= 4 is 23.6 Å². The SMILES string of the molecule is CCCCCCCCCC/C=C\[Si](c1ccccc1)(c1ccccc1)c1ccccc1. The number of benzene rings is 3. The molecular weight excluding hydrogens is 388 g/mol. The van der Waals surface area contributed by atoms with Crippen molar-refractivity contribution < 1.29 is 0 Å². The van der Waals surface area contributed by atoms with E-state index in [1.54, 1.807) is 0 Å². The van der Waals surface area contributed by atoms with E-state index < -0.39 is 8.07 Å². The molecule has 162 valence electrons. The highest BCUT2D eigenvalue weighted by atomic mass is 28.3. The number of unbranched alkanes of at least 4 members (excludes halogenated alkanes) is 8. The monoisotopic (exact) mass is 426 g/mol. The van der Waals surface area contributed by atoms with Crippen LogP contribution in [0.3, 0.4) is 0 Å². The summed E-state index contributed by atoms with van der Waals surface area (Å²) in [6.45, 7) is 2.29. The fourth-order valence-corrected chi connectivity index (χ4v) is 8.80. The minimum absolute atomic E-state index is 1.18. The van der Waals surface area contributed by atoms with Gasteiger partial charge in [-0.3, -0.25) is 0 Å². The van der Waals surface area contributed by atoms with Crippen LogP contribution in [0.2, 0.25) is 0 Å². The normalized spacial score (nSPS) is 11.8. The highest BCUT2D eigenvalue weighted by molar-refractivity contribution is 7.14. The molecule has 0 aliphatic carbocycles. The lowest BCUT2D eigenvalue weighted by Gasteiger charge is -2.30. The number of hydrogen-bond acceptors (Lipinski definition) is 0. The van der Waals surface area contributed by atoms with E-state index in [1.807, 2.05) is 0 Å². The van der Waals surface area contributed by atoms with Crippen LogP contribution in [0.4, 0.5) is 0 Å². The molecule has 0 amide bonds. The lowest BCUT2D eigenvalue weighted by atomic mass is 10.1. The second-order valence-electron chi connectivity index (χ2n) is 8.57. The molecule has 0 unspecified atom stereocenters. The van der Waals surface area contributed by atoms with Gasteiger partial charge >= 0.3 is 0 Å². The highest BCUT2D eigenvalue weighted by Crippen LogP contribution is 2.13. The molecule has 0 atom stereocenters. The van der Waals surface area contributed by atoms with E-state index >= 15 is 0 Å². The molecule has 0 fully saturated rings. The van der Waals surface area contributed by atoms with Crippen molar-refractivity contribution in [3.05, 3.63) is 103 Å². The van der Waals surface area contributed by atoms with E-state index in [0.29, 0.717) is 0 Å². The first-order valence-electron chi connectivity index (χ1n) is 12.2. The Balaban J connectivity index is 1.78. The van der Waals surface area contributed by atoms with Gasteiger partial charge in [-0.05, 0) is 28.4 Å². The zero-order chi connectivity index (χ0) is 21.6. The van der Waals surface area contributed by atoms with Gasteiger partial charge in [0.05, 0.1) is 0 Å². The van der Waals surface area contributed by atoms with Crippen LogP contribution in [0.5, 0.6) is 0 Å². The predicted octanol–water partition coefficient (Wildman–Crippen LogP) is 6.78. The maximum Gasteiger partial charge on any atom is 0.172 e. The van der Waals surface area contributed by atoms with Crippen LogP contribution in [0.1, 0.15) is 64.7 Å². The van der Waals surface area contributed by atoms with Crippen molar-refractivity contribution in [2.45, 2.75) is 64.7 Å². The Kier molecular flexibility index (Phi) is 9.85. The molecule has 0 spiro atoms. The van der Waals surface area contributed by atoms with Crippen LogP contribution in [0, 0.1) is 0 Å². The molecule has 3 aromatic rings. The fraction of sp³-hybridized carbons (Fsp3) is 0.333. The Morgan fingerprint density at radius 1 is 0.516 bits per heavy atom. The summed E-state index contributed by atoms with van der Waals surface area (Å²) in [6.07, 6.45) is 14.7. The van der Waals surface area contributed by atoms with E-state index in [2.05, 4.69) is 110 Å². The van der Waals surface area contributed by atoms with E-state index in [1.165, 1.54) is 73.3 Å². The molecule has 0 aliphatic rings. The predicted molar refractivity (Wildman–Crippen MR) is 140 cm³/mol. The largest absolute Gasteiger partial charge is 0.172 e. The summed E-state index contributed by atoms with van der Waals surface area (Å²) in [5.74, 6) is 0. The van der Waals surface area contributed by atoms with Crippen LogP contribution < -0.4 is 15.6 Å². The van der Waals surface area contributed by atoms with Crippen molar-refractivity contribution in [3.63, 3.8) is 0 Å². The molecule has 3 aromatic carbocycles. The summed E-state index contributed by atoms with van der Waals surface area (Å²) in [5, 5.41) is 4.37. The zero-order valence-electron chi connectivity index (χ0n) is 19.2. The topological polar surface area (TPSA) is 0 Å². The Morgan fingerprint density at radius 3 is 1.32 bits per heavy atom. The molecular formula is C30H38Si. The van der Waals surface area contributed by atoms with E-state index in [9.17, 15) is 0 Å². The minimum atomic E-state index is -2.19. The summed E-state index contributed by atoms with van der Waals surface area (Å²) in [4.78, 5) is 0. The van der Waals surface area contributed by atoms with Gasteiger partial charge in [0.2, 0.25) is 0 Å². The molecule has 0 radical (unpaired) electrons. The smallest absolute Gasteiger partial charge is 0.0914 e. The third-order valence-electron chi connectivity index (χ3n) is 6.28. The van der Waals surface area contributed by atoms with Gasteiger partial charge in [-0.2, -0.15) is 0 Å². The van der Waals surface area contributed by atoms with E-state index in [4.69, 9.17) is 0 Å². The summed E-state index contributed by atoms with van der Waals surface area (Å²) >= 11 is 0. The Labute approximate surface area is 191 Å². The Morgan fingerprint density at radius 2 is 0.903 bits per heavy atom. The first kappa shape index (κ1) is 23.3. The Bertz CT molecular complexity index is 771. The summed E-state index contributed by atoms with van der Waals surface area (Å²) in [5.41, 5.74) is 2.59. The van der Waals surface area contributed by atoms with Crippen molar-refractivity contribution in [1.82, 2.24) is 0 Å². The molecule has 0 bridgehead atoms. The summed E-state index contributed by atoms with van der Waals surface area (Å²) in [6, 6.07) is 33.5. The standard InChI is InChI=1S/C30H38Si/c1-2-3-4-5-6-7-8-9-10-20-27-31(28-21-14-11-15-22-28,29-23-16-12-17-24-29)30-25-18-13-19-26-30/h11-27H,2-10H2,1H3/b27-20-. The Hall–Kier alpha value is -2.38. The van der Waals surface area contributed by atoms with Crippen molar-refractivity contribution in [1.29, 1.82) is 0 Å². The third kappa shape index (κ3) is 6.55. The van der Waals surface area contributed by atoms with E-state index in [-0.39, 0.29) is 0 Å². The molecule has 0 saturated heterocycles. The molecule has 31 heavy (non-hydrogen) atoms. The van der Waals surface area contributed by atoms with Crippen LogP contribution >= 0.6 is 0 Å². The van der Waals surface area contributed by atoms with Crippen molar-refractivity contribution in [2.75, 3.05) is 0 Å². The van der Waals surface area contributed by atoms with Crippen LogP contribution in [-0.2, 0) is 0 Å². The average Bonchev–Trinajstić information content (AvgIpc) is 2.84. The quantitative estimate of drug-likeness (QED) is 0.160. The molecule has 1 heteroatoms. The highest BCUT2D eigenvalue weighted by Gasteiger charge is 2.36. The molecule has 3 rings (SSSR count). The van der Waals surface area contributed by atoms with Crippen LogP contribution in [0.25, 0.3) is 0 Å². The van der Waals surface area contributed by atoms with Crippen molar-refractivity contribution in [2.24, 2.45) is 0 Å². The molecule has 0 aromatic heterocycles. The minimum Gasteiger partial charge on any atom is -0.0914 e. The fourth-order valence-electron chi connectivity index (χ4n) is 4.55. The lowest BCUT2D eigenvalue weighted by molar-refractivity contribution is 0.577. The first-order chi connectivity index (χ1) is 15.4. The number of hydrogen-bond donors (Lipinski definition) is 0. The maximum atomic E-state index is 2.59. The molecule has 0 saturated carbocycles. The van der Waals surface area contributed by atoms with Gasteiger partial charge < -0.3 is 0 Å². The van der Waals surface area contributed by atoms with Gasteiger partial charge in [0.15, 0.2) is 8.07 Å². The number of allylic oxidation sites excluding steroid dienone is 1. The van der Waals surface area contributed by atoms with Gasteiger partial charge in [-0.1, -0.05) is 155 Å². The summed E-state index contributed by atoms with van der Waals surface area (Å²) < 4.78 is 0. The third-order valence-corrected chi connectivity index (χ3v) is 10.7. The lowest BCUT2D eigenvalue weighted by Crippen LogP contribution is -2.66. The molecule has 0 nitrogen and oxygen atoms in total. The molecule has 0 heterocycles. The van der Waals surface area contributed by atoms with Gasteiger partial charge in [0.25, 0.3) is 0 Å². The van der Waals surface area contributed by atoms with Crippen molar-refractivity contribution in [3.8, 4) is 0 Å². The molecule has 0 aliphatic heterocycles. The first-order valence-corrected chi connectivity index (χ1v) is 14.3. The van der Waals surface area contributed by atoms with Gasteiger partial charge in [0.1, 0.15) is 0 Å². The van der Waals surface area contributed by atoms with Gasteiger partial charge in [-0.25, -0.2) is 0 Å².